The minimum Gasteiger partial charge on any atom is -0.299 e. The molecule has 1 aliphatic rings. The predicted molar refractivity (Wildman–Crippen MR) is 118 cm³/mol. The third-order valence-corrected chi connectivity index (χ3v) is 6.23. The van der Waals surface area contributed by atoms with Crippen molar-refractivity contribution in [2.45, 2.75) is 59.0 Å². The maximum Gasteiger partial charge on any atom is 0.123 e. The molecule has 0 saturated carbocycles. The van der Waals surface area contributed by atoms with Crippen LogP contribution in [0.4, 0.5) is 4.39 Å². The van der Waals surface area contributed by atoms with Gasteiger partial charge in [-0.2, -0.15) is 5.10 Å². The Morgan fingerprint density at radius 3 is 2.57 bits per heavy atom. The highest BCUT2D eigenvalue weighted by atomic mass is 19.1. The first-order chi connectivity index (χ1) is 14.5. The summed E-state index contributed by atoms with van der Waals surface area (Å²) in [5.41, 5.74) is 7.07. The highest BCUT2D eigenvalue weighted by Gasteiger charge is 2.23. The fourth-order valence-corrected chi connectivity index (χ4v) is 4.55. The summed E-state index contributed by atoms with van der Waals surface area (Å²) in [5, 5.41) is 4.48. The second-order valence-electron chi connectivity index (χ2n) is 8.47. The van der Waals surface area contributed by atoms with Gasteiger partial charge in [-0.3, -0.25) is 14.6 Å². The maximum absolute atomic E-state index is 13.5. The van der Waals surface area contributed by atoms with E-state index in [2.05, 4.69) is 47.6 Å². The third kappa shape index (κ3) is 4.78. The molecule has 0 aliphatic carbocycles. The van der Waals surface area contributed by atoms with E-state index in [1.54, 1.807) is 12.1 Å². The molecule has 0 N–H and O–H groups in total. The average molecular weight is 407 g/mol. The molecule has 0 unspecified atom stereocenters. The normalized spacial score (nSPS) is 15.6. The van der Waals surface area contributed by atoms with Crippen molar-refractivity contribution >= 4 is 0 Å². The first kappa shape index (κ1) is 20.7. The molecule has 1 aliphatic heterocycles. The zero-order chi connectivity index (χ0) is 21.1. The Hall–Kier alpha value is -2.53. The molecule has 3 heterocycles. The smallest absolute Gasteiger partial charge is 0.123 e. The number of hydrogen-bond donors (Lipinski definition) is 0. The van der Waals surface area contributed by atoms with Crippen LogP contribution in [0.5, 0.6) is 0 Å². The fourth-order valence-electron chi connectivity index (χ4n) is 4.55. The molecule has 0 amide bonds. The second kappa shape index (κ2) is 9.09. The van der Waals surface area contributed by atoms with E-state index in [0.29, 0.717) is 5.92 Å². The molecule has 30 heavy (non-hydrogen) atoms. The molecule has 158 valence electrons. The van der Waals surface area contributed by atoms with Crippen LogP contribution >= 0.6 is 0 Å². The monoisotopic (exact) mass is 406 g/mol. The summed E-state index contributed by atoms with van der Waals surface area (Å²) in [6.45, 7) is 10.4. The van der Waals surface area contributed by atoms with Crippen LogP contribution in [0.15, 0.2) is 42.6 Å². The number of halogens is 1. The SMILES string of the molecule is CCn1ncc(CN2CCC(c3cc(Cc4cccc(F)c4)cc(C)n3)CC2)c1C. The van der Waals surface area contributed by atoms with Crippen LogP contribution in [0.25, 0.3) is 0 Å². The molecule has 4 nitrogen and oxygen atoms in total. The van der Waals surface area contributed by atoms with E-state index in [9.17, 15) is 4.39 Å². The van der Waals surface area contributed by atoms with Crippen molar-refractivity contribution in [2.75, 3.05) is 13.1 Å². The van der Waals surface area contributed by atoms with E-state index >= 15 is 0 Å². The van der Waals surface area contributed by atoms with E-state index in [0.717, 1.165) is 56.7 Å². The van der Waals surface area contributed by atoms with Crippen molar-refractivity contribution in [1.29, 1.82) is 0 Å². The molecular weight excluding hydrogens is 375 g/mol. The fraction of sp³-hybridized carbons (Fsp3) is 0.440. The van der Waals surface area contributed by atoms with Crippen LogP contribution in [-0.2, 0) is 19.5 Å². The number of hydrogen-bond acceptors (Lipinski definition) is 3. The van der Waals surface area contributed by atoms with Crippen LogP contribution < -0.4 is 0 Å². The number of aryl methyl sites for hydroxylation is 2. The summed E-state index contributed by atoms with van der Waals surface area (Å²) < 4.78 is 15.6. The second-order valence-corrected chi connectivity index (χ2v) is 8.47. The van der Waals surface area contributed by atoms with Crippen molar-refractivity contribution in [1.82, 2.24) is 19.7 Å². The Morgan fingerprint density at radius 2 is 1.87 bits per heavy atom. The highest BCUT2D eigenvalue weighted by molar-refractivity contribution is 5.30. The van der Waals surface area contributed by atoms with Gasteiger partial charge in [0.25, 0.3) is 0 Å². The molecule has 2 aromatic heterocycles. The van der Waals surface area contributed by atoms with E-state index in [4.69, 9.17) is 4.98 Å². The quantitative estimate of drug-likeness (QED) is 0.576. The lowest BCUT2D eigenvalue weighted by molar-refractivity contribution is 0.203. The predicted octanol–water partition coefficient (Wildman–Crippen LogP) is 5.02. The molecule has 1 fully saturated rings. The summed E-state index contributed by atoms with van der Waals surface area (Å²) in [7, 11) is 0. The number of likely N-dealkylation sites (tertiary alicyclic amines) is 1. The average Bonchev–Trinajstić information content (AvgIpc) is 3.07. The van der Waals surface area contributed by atoms with Crippen molar-refractivity contribution in [3.63, 3.8) is 0 Å². The largest absolute Gasteiger partial charge is 0.299 e. The van der Waals surface area contributed by atoms with Crippen molar-refractivity contribution < 1.29 is 4.39 Å². The van der Waals surface area contributed by atoms with Gasteiger partial charge in [-0.05, 0) is 88.5 Å². The summed E-state index contributed by atoms with van der Waals surface area (Å²) in [4.78, 5) is 7.38. The molecule has 0 atom stereocenters. The maximum atomic E-state index is 13.5. The van der Waals surface area contributed by atoms with Gasteiger partial charge in [-0.1, -0.05) is 12.1 Å². The Bertz CT molecular complexity index is 1000. The van der Waals surface area contributed by atoms with Gasteiger partial charge in [-0.25, -0.2) is 4.39 Å². The molecule has 1 aromatic carbocycles. The lowest BCUT2D eigenvalue weighted by atomic mass is 9.91. The molecule has 0 bridgehead atoms. The number of piperidine rings is 1. The summed E-state index contributed by atoms with van der Waals surface area (Å²) in [6.07, 6.45) is 5.01. The zero-order valence-electron chi connectivity index (χ0n) is 18.2. The van der Waals surface area contributed by atoms with Crippen LogP contribution in [0.2, 0.25) is 0 Å². The van der Waals surface area contributed by atoms with Crippen LogP contribution in [0.1, 0.15) is 59.5 Å². The van der Waals surface area contributed by atoms with Crippen molar-refractivity contribution in [2.24, 2.45) is 0 Å². The van der Waals surface area contributed by atoms with Gasteiger partial charge in [0.05, 0.1) is 6.20 Å². The Balaban J connectivity index is 1.40. The van der Waals surface area contributed by atoms with Gasteiger partial charge >= 0.3 is 0 Å². The highest BCUT2D eigenvalue weighted by Crippen LogP contribution is 2.29. The van der Waals surface area contributed by atoms with Gasteiger partial charge in [0.1, 0.15) is 5.82 Å². The van der Waals surface area contributed by atoms with E-state index in [1.807, 2.05) is 12.3 Å². The molecule has 5 heteroatoms. The van der Waals surface area contributed by atoms with Gasteiger partial charge in [-0.15, -0.1) is 0 Å². The van der Waals surface area contributed by atoms with Crippen molar-refractivity contribution in [3.8, 4) is 0 Å². The van der Waals surface area contributed by atoms with Gasteiger partial charge in [0.15, 0.2) is 0 Å². The zero-order valence-corrected chi connectivity index (χ0v) is 18.2. The van der Waals surface area contributed by atoms with Crippen LogP contribution in [0.3, 0.4) is 0 Å². The van der Waals surface area contributed by atoms with Gasteiger partial charge in [0, 0.05) is 41.7 Å². The summed E-state index contributed by atoms with van der Waals surface area (Å²) in [5.74, 6) is 0.317. The summed E-state index contributed by atoms with van der Waals surface area (Å²) >= 11 is 0. The van der Waals surface area contributed by atoms with Crippen LogP contribution in [0, 0.1) is 19.7 Å². The Morgan fingerprint density at radius 1 is 1.07 bits per heavy atom. The lowest BCUT2D eigenvalue weighted by Crippen LogP contribution is -2.33. The van der Waals surface area contributed by atoms with E-state index in [-0.39, 0.29) is 5.82 Å². The van der Waals surface area contributed by atoms with E-state index < -0.39 is 0 Å². The molecule has 0 spiro atoms. The van der Waals surface area contributed by atoms with Crippen LogP contribution in [-0.4, -0.2) is 32.8 Å². The standard InChI is InChI=1S/C25H31FN4/c1-4-30-19(3)23(16-27-30)17-29-10-8-22(9-11-29)25-15-21(12-18(2)28-25)13-20-6-5-7-24(26)14-20/h5-7,12,14-16,22H,4,8-11,13,17H2,1-3H3. The molecule has 0 radical (unpaired) electrons. The minimum atomic E-state index is -0.175. The number of aromatic nitrogens is 3. The number of rotatable bonds is 6. The minimum absolute atomic E-state index is 0.175. The summed E-state index contributed by atoms with van der Waals surface area (Å²) in [6, 6.07) is 11.2. The van der Waals surface area contributed by atoms with Gasteiger partial charge < -0.3 is 0 Å². The Kier molecular flexibility index (Phi) is 6.28. The third-order valence-electron chi connectivity index (χ3n) is 6.23. The number of benzene rings is 1. The Labute approximate surface area is 178 Å². The molecule has 4 rings (SSSR count). The molecule has 3 aromatic rings. The van der Waals surface area contributed by atoms with Crippen molar-refractivity contribution in [3.05, 3.63) is 82.2 Å². The molecular formula is C25H31FN4. The first-order valence-corrected chi connectivity index (χ1v) is 11.0. The topological polar surface area (TPSA) is 34.0 Å². The lowest BCUT2D eigenvalue weighted by Gasteiger charge is -2.32. The molecule has 1 saturated heterocycles. The number of nitrogens with zero attached hydrogens (tertiary/aromatic N) is 4. The van der Waals surface area contributed by atoms with E-state index in [1.165, 1.54) is 28.6 Å². The first-order valence-electron chi connectivity index (χ1n) is 11.0. The number of pyridine rings is 1. The van der Waals surface area contributed by atoms with Gasteiger partial charge in [0.2, 0.25) is 0 Å².